The van der Waals surface area contributed by atoms with Gasteiger partial charge in [0.25, 0.3) is 5.91 Å². The van der Waals surface area contributed by atoms with Crippen LogP contribution < -0.4 is 10.0 Å². The molecule has 9 heteroatoms. The Kier molecular flexibility index (Phi) is 6.63. The zero-order valence-electron chi connectivity index (χ0n) is 15.6. The number of carbonyl (C=O) groups is 1. The van der Waals surface area contributed by atoms with Gasteiger partial charge < -0.3 is 5.32 Å². The third-order valence-electron chi connectivity index (χ3n) is 4.12. The van der Waals surface area contributed by atoms with Crippen molar-refractivity contribution in [1.82, 2.24) is 10.3 Å². The monoisotopic (exact) mass is 430 g/mol. The first-order valence-electron chi connectivity index (χ1n) is 8.90. The van der Waals surface area contributed by atoms with E-state index < -0.39 is 10.3 Å². The van der Waals surface area contributed by atoms with Crippen molar-refractivity contribution in [3.8, 4) is 0 Å². The lowest BCUT2D eigenvalue weighted by Crippen LogP contribution is -2.30. The Balaban J connectivity index is 1.80. The van der Waals surface area contributed by atoms with Crippen LogP contribution in [0.25, 0.3) is 0 Å². The lowest BCUT2D eigenvalue weighted by Gasteiger charge is -2.17. The van der Waals surface area contributed by atoms with Crippen LogP contribution in [0.1, 0.15) is 39.6 Å². The first-order chi connectivity index (χ1) is 13.8. The number of aryl methyl sites for hydroxylation is 1. The van der Waals surface area contributed by atoms with Gasteiger partial charge in [-0.25, -0.2) is 4.98 Å². The molecule has 0 saturated heterocycles. The Hall–Kier alpha value is -2.75. The van der Waals surface area contributed by atoms with E-state index in [0.717, 1.165) is 22.7 Å². The van der Waals surface area contributed by atoms with Gasteiger partial charge in [-0.3, -0.25) is 14.1 Å². The zero-order chi connectivity index (χ0) is 20.9. The molecule has 151 valence electrons. The minimum Gasteiger partial charge on any atom is -0.342 e. The van der Waals surface area contributed by atoms with Gasteiger partial charge in [-0.2, -0.15) is 8.42 Å². The molecule has 1 heterocycles. The van der Waals surface area contributed by atoms with Gasteiger partial charge >= 0.3 is 10.3 Å². The fraction of sp³-hybridized carbons (Fsp3) is 0.200. The molecule has 1 radical (unpaired) electrons. The smallest absolute Gasteiger partial charge is 0.342 e. The van der Waals surface area contributed by atoms with E-state index >= 15 is 0 Å². The number of benzene rings is 2. The molecule has 0 spiro atoms. The number of amides is 1. The quantitative estimate of drug-likeness (QED) is 0.475. The molecule has 3 rings (SSSR count). The Morgan fingerprint density at radius 3 is 2.59 bits per heavy atom. The molecule has 7 nitrogen and oxygen atoms in total. The molecular weight excluding hydrogens is 410 g/mol. The number of thiazole rings is 1. The predicted molar refractivity (Wildman–Crippen MR) is 112 cm³/mol. The Morgan fingerprint density at radius 2 is 2.00 bits per heavy atom. The van der Waals surface area contributed by atoms with Crippen LogP contribution in [-0.2, 0) is 23.1 Å². The SMILES string of the molecule is CCc1csc(C(Cc2[c]cc(NS(=O)(=O)O)cc2)NC(=O)c2ccccc2)n1. The van der Waals surface area contributed by atoms with E-state index in [1.807, 2.05) is 23.1 Å². The second kappa shape index (κ2) is 9.17. The highest BCUT2D eigenvalue weighted by atomic mass is 32.2. The van der Waals surface area contributed by atoms with Gasteiger partial charge in [0, 0.05) is 10.9 Å². The number of rotatable bonds is 8. The van der Waals surface area contributed by atoms with E-state index in [4.69, 9.17) is 4.55 Å². The maximum atomic E-state index is 12.7. The van der Waals surface area contributed by atoms with E-state index in [0.29, 0.717) is 12.0 Å². The van der Waals surface area contributed by atoms with Crippen molar-refractivity contribution in [3.63, 3.8) is 0 Å². The molecule has 0 aliphatic heterocycles. The summed E-state index contributed by atoms with van der Waals surface area (Å²) in [5.41, 5.74) is 2.48. The fourth-order valence-electron chi connectivity index (χ4n) is 2.69. The third-order valence-corrected chi connectivity index (χ3v) is 5.62. The van der Waals surface area contributed by atoms with Crippen molar-refractivity contribution in [2.45, 2.75) is 25.8 Å². The van der Waals surface area contributed by atoms with Crippen molar-refractivity contribution in [1.29, 1.82) is 0 Å². The van der Waals surface area contributed by atoms with Crippen LogP contribution in [0, 0.1) is 6.07 Å². The fourth-order valence-corrected chi connectivity index (χ4v) is 4.07. The Bertz CT molecular complexity index is 1060. The van der Waals surface area contributed by atoms with Crippen molar-refractivity contribution in [3.05, 3.63) is 81.8 Å². The highest BCUT2D eigenvalue weighted by Gasteiger charge is 2.20. The number of hydrogen-bond donors (Lipinski definition) is 3. The van der Waals surface area contributed by atoms with E-state index in [2.05, 4.69) is 16.4 Å². The second-order valence-corrected chi connectivity index (χ2v) is 8.35. The zero-order valence-corrected chi connectivity index (χ0v) is 17.3. The molecule has 1 atom stereocenters. The third kappa shape index (κ3) is 6.11. The largest absolute Gasteiger partial charge is 0.357 e. The number of nitrogens with zero attached hydrogens (tertiary/aromatic N) is 1. The van der Waals surface area contributed by atoms with Crippen molar-refractivity contribution >= 4 is 33.2 Å². The van der Waals surface area contributed by atoms with Crippen molar-refractivity contribution in [2.24, 2.45) is 0 Å². The topological polar surface area (TPSA) is 108 Å². The second-order valence-electron chi connectivity index (χ2n) is 6.31. The van der Waals surface area contributed by atoms with Gasteiger partial charge in [0.15, 0.2) is 0 Å². The molecule has 0 bridgehead atoms. The van der Waals surface area contributed by atoms with Crippen LogP contribution in [-0.4, -0.2) is 23.9 Å². The van der Waals surface area contributed by atoms with Gasteiger partial charge in [0.2, 0.25) is 0 Å². The molecule has 1 amide bonds. The number of nitrogens with one attached hydrogen (secondary N) is 2. The molecule has 0 fully saturated rings. The maximum Gasteiger partial charge on any atom is 0.357 e. The van der Waals surface area contributed by atoms with E-state index in [9.17, 15) is 13.2 Å². The van der Waals surface area contributed by atoms with Crippen LogP contribution >= 0.6 is 11.3 Å². The highest BCUT2D eigenvalue weighted by molar-refractivity contribution is 7.87. The summed E-state index contributed by atoms with van der Waals surface area (Å²) in [5.74, 6) is -0.200. The Labute approximate surface area is 173 Å². The molecule has 0 aliphatic carbocycles. The summed E-state index contributed by atoms with van der Waals surface area (Å²) < 4.78 is 32.7. The minimum absolute atomic E-state index is 0.198. The van der Waals surface area contributed by atoms with Crippen LogP contribution in [0.4, 0.5) is 5.69 Å². The number of anilines is 1. The average molecular weight is 431 g/mol. The molecule has 0 saturated carbocycles. The van der Waals surface area contributed by atoms with Gasteiger partial charge in [-0.05, 0) is 48.7 Å². The van der Waals surface area contributed by atoms with Gasteiger partial charge in [0.1, 0.15) is 5.01 Å². The highest BCUT2D eigenvalue weighted by Crippen LogP contribution is 2.24. The predicted octanol–water partition coefficient (Wildman–Crippen LogP) is 3.43. The molecule has 1 unspecified atom stereocenters. The van der Waals surface area contributed by atoms with Crippen LogP contribution in [0.2, 0.25) is 0 Å². The molecule has 1 aromatic heterocycles. The van der Waals surface area contributed by atoms with Crippen molar-refractivity contribution < 1.29 is 17.8 Å². The van der Waals surface area contributed by atoms with E-state index in [1.54, 1.807) is 30.3 Å². The summed E-state index contributed by atoms with van der Waals surface area (Å²) in [4.78, 5) is 17.3. The first kappa shape index (κ1) is 21.0. The number of hydrogen-bond acceptors (Lipinski definition) is 5. The summed E-state index contributed by atoms with van der Waals surface area (Å²) in [5, 5.41) is 5.79. The van der Waals surface area contributed by atoms with E-state index in [1.165, 1.54) is 23.5 Å². The molecule has 3 aromatic rings. The standard InChI is InChI=1S/C20H20N3O4S2/c1-2-16-13-28-20(21-16)18(22-19(24)15-6-4-3-5-7-15)12-14-8-10-17(11-9-14)23-29(25,26)27/h3-8,10-11,13,18,23H,2,12H2,1H3,(H,22,24)(H,25,26,27). The van der Waals surface area contributed by atoms with Gasteiger partial charge in [-0.1, -0.05) is 31.2 Å². The van der Waals surface area contributed by atoms with Gasteiger partial charge in [0.05, 0.1) is 17.4 Å². The summed E-state index contributed by atoms with van der Waals surface area (Å²) in [6, 6.07) is 16.2. The summed E-state index contributed by atoms with van der Waals surface area (Å²) in [7, 11) is -4.34. The van der Waals surface area contributed by atoms with E-state index in [-0.39, 0.29) is 17.6 Å². The summed E-state index contributed by atoms with van der Waals surface area (Å²) >= 11 is 1.49. The summed E-state index contributed by atoms with van der Waals surface area (Å²) in [6.45, 7) is 2.02. The van der Waals surface area contributed by atoms with Gasteiger partial charge in [-0.15, -0.1) is 11.3 Å². The lowest BCUT2D eigenvalue weighted by molar-refractivity contribution is 0.0936. The van der Waals surface area contributed by atoms with Crippen LogP contribution in [0.5, 0.6) is 0 Å². The molecule has 3 N–H and O–H groups in total. The molecular formula is C20H20N3O4S2. The van der Waals surface area contributed by atoms with Crippen LogP contribution in [0.15, 0.2) is 53.9 Å². The molecule has 2 aromatic carbocycles. The average Bonchev–Trinajstić information content (AvgIpc) is 3.18. The maximum absolute atomic E-state index is 12.7. The minimum atomic E-state index is -4.34. The Morgan fingerprint density at radius 1 is 1.24 bits per heavy atom. The van der Waals surface area contributed by atoms with Crippen molar-refractivity contribution in [2.75, 3.05) is 4.72 Å². The van der Waals surface area contributed by atoms with Crippen LogP contribution in [0.3, 0.4) is 0 Å². The number of carbonyl (C=O) groups excluding carboxylic acids is 1. The lowest BCUT2D eigenvalue weighted by atomic mass is 10.1. The molecule has 0 aliphatic rings. The number of aromatic nitrogens is 1. The normalized spacial score (nSPS) is 12.3. The molecule has 29 heavy (non-hydrogen) atoms. The first-order valence-corrected chi connectivity index (χ1v) is 11.2. The summed E-state index contributed by atoms with van der Waals surface area (Å²) in [6.07, 6.45) is 1.24.